The molecule has 8 nitrogen and oxygen atoms in total. The lowest BCUT2D eigenvalue weighted by Crippen LogP contribution is -2.41. The molecule has 0 aliphatic heterocycles. The van der Waals surface area contributed by atoms with E-state index in [2.05, 4.69) is 20.1 Å². The fourth-order valence-electron chi connectivity index (χ4n) is 1.39. The first-order chi connectivity index (χ1) is 9.88. The van der Waals surface area contributed by atoms with E-state index in [1.54, 1.807) is 0 Å². The second-order valence-corrected chi connectivity index (χ2v) is 4.48. The zero-order valence-electron chi connectivity index (χ0n) is 12.6. The predicted octanol–water partition coefficient (Wildman–Crippen LogP) is 0.355. The molecule has 2 N–H and O–H groups in total. The number of ether oxygens (including phenoxy) is 2. The standard InChI is InChI=1S/C13H22N2O6/c1-9(16)5-4-6-11(17)10(2)12(18)14-7-15-13(19)21-8-20-3/h10H,4-8H2,1-3H3,(H,14,18)(H,15,19). The minimum atomic E-state index is -0.825. The van der Waals surface area contributed by atoms with Crippen LogP contribution in [0.5, 0.6) is 0 Å². The van der Waals surface area contributed by atoms with Crippen molar-refractivity contribution in [1.82, 2.24) is 10.6 Å². The predicted molar refractivity (Wildman–Crippen MR) is 73.2 cm³/mol. The molecule has 1 atom stereocenters. The van der Waals surface area contributed by atoms with Crippen LogP contribution in [0.15, 0.2) is 0 Å². The number of alkyl carbamates (subject to hydrolysis) is 1. The smallest absolute Gasteiger partial charge is 0.410 e. The van der Waals surface area contributed by atoms with Crippen LogP contribution in [0.4, 0.5) is 4.79 Å². The summed E-state index contributed by atoms with van der Waals surface area (Å²) >= 11 is 0. The van der Waals surface area contributed by atoms with Crippen molar-refractivity contribution in [3.05, 3.63) is 0 Å². The molecular weight excluding hydrogens is 280 g/mol. The van der Waals surface area contributed by atoms with E-state index in [1.807, 2.05) is 0 Å². The Balaban J connectivity index is 3.90. The van der Waals surface area contributed by atoms with Crippen LogP contribution in [-0.2, 0) is 23.9 Å². The van der Waals surface area contributed by atoms with Gasteiger partial charge in [0.25, 0.3) is 0 Å². The van der Waals surface area contributed by atoms with Gasteiger partial charge in [-0.15, -0.1) is 0 Å². The molecule has 21 heavy (non-hydrogen) atoms. The molecule has 0 aromatic carbocycles. The zero-order valence-corrected chi connectivity index (χ0v) is 12.6. The maximum atomic E-state index is 11.7. The van der Waals surface area contributed by atoms with Crippen molar-refractivity contribution in [2.75, 3.05) is 20.6 Å². The molecule has 0 aliphatic carbocycles. The van der Waals surface area contributed by atoms with Crippen molar-refractivity contribution in [2.24, 2.45) is 5.92 Å². The molecule has 0 rings (SSSR count). The van der Waals surface area contributed by atoms with Crippen LogP contribution in [0, 0.1) is 5.92 Å². The van der Waals surface area contributed by atoms with Crippen LogP contribution in [-0.4, -0.2) is 44.1 Å². The molecule has 0 aliphatic rings. The van der Waals surface area contributed by atoms with Crippen LogP contribution < -0.4 is 10.6 Å². The van der Waals surface area contributed by atoms with Gasteiger partial charge in [0.05, 0.1) is 12.6 Å². The fraction of sp³-hybridized carbons (Fsp3) is 0.692. The number of rotatable bonds is 10. The van der Waals surface area contributed by atoms with E-state index >= 15 is 0 Å². The van der Waals surface area contributed by atoms with Crippen LogP contribution in [0.3, 0.4) is 0 Å². The maximum Gasteiger partial charge on any atom is 0.410 e. The van der Waals surface area contributed by atoms with E-state index in [-0.39, 0.29) is 31.4 Å². The van der Waals surface area contributed by atoms with Gasteiger partial charge < -0.3 is 24.9 Å². The van der Waals surface area contributed by atoms with Crippen molar-refractivity contribution < 1.29 is 28.7 Å². The highest BCUT2D eigenvalue weighted by molar-refractivity contribution is 6.01. The van der Waals surface area contributed by atoms with Crippen molar-refractivity contribution in [1.29, 1.82) is 0 Å². The molecule has 0 bridgehead atoms. The van der Waals surface area contributed by atoms with E-state index in [0.717, 1.165) is 0 Å². The first-order valence-corrected chi connectivity index (χ1v) is 6.58. The van der Waals surface area contributed by atoms with Gasteiger partial charge in [-0.25, -0.2) is 4.79 Å². The van der Waals surface area contributed by atoms with Crippen molar-refractivity contribution in [3.63, 3.8) is 0 Å². The summed E-state index contributed by atoms with van der Waals surface area (Å²) in [6, 6.07) is 0. The summed E-state index contributed by atoms with van der Waals surface area (Å²) in [5.41, 5.74) is 0. The Bertz CT molecular complexity index is 383. The summed E-state index contributed by atoms with van der Waals surface area (Å²) in [6.45, 7) is 2.60. The lowest BCUT2D eigenvalue weighted by molar-refractivity contribution is -0.133. The average molecular weight is 302 g/mol. The Morgan fingerprint density at radius 2 is 1.76 bits per heavy atom. The van der Waals surface area contributed by atoms with Gasteiger partial charge >= 0.3 is 6.09 Å². The first-order valence-electron chi connectivity index (χ1n) is 6.58. The van der Waals surface area contributed by atoms with Crippen molar-refractivity contribution in [3.8, 4) is 0 Å². The number of carbonyl (C=O) groups excluding carboxylic acids is 4. The largest absolute Gasteiger partial charge is 0.422 e. The van der Waals surface area contributed by atoms with Gasteiger partial charge in [-0.05, 0) is 20.3 Å². The molecule has 120 valence electrons. The Labute approximate surface area is 123 Å². The van der Waals surface area contributed by atoms with Gasteiger partial charge in [0.2, 0.25) is 5.91 Å². The second kappa shape index (κ2) is 10.8. The summed E-state index contributed by atoms with van der Waals surface area (Å²) in [5.74, 6) is -1.54. The average Bonchev–Trinajstić information content (AvgIpc) is 2.43. The van der Waals surface area contributed by atoms with Crippen molar-refractivity contribution in [2.45, 2.75) is 33.1 Å². The highest BCUT2D eigenvalue weighted by atomic mass is 16.7. The zero-order chi connectivity index (χ0) is 16.3. The molecule has 0 saturated heterocycles. The summed E-state index contributed by atoms with van der Waals surface area (Å²) in [7, 11) is 1.37. The monoisotopic (exact) mass is 302 g/mol. The van der Waals surface area contributed by atoms with E-state index in [9.17, 15) is 19.2 Å². The molecule has 1 unspecified atom stereocenters. The number of Topliss-reactive ketones (excluding diaryl/α,β-unsaturated/α-hetero) is 2. The highest BCUT2D eigenvalue weighted by Crippen LogP contribution is 2.05. The second-order valence-electron chi connectivity index (χ2n) is 4.48. The number of hydrogen-bond acceptors (Lipinski definition) is 6. The van der Waals surface area contributed by atoms with Crippen LogP contribution in [0.1, 0.15) is 33.1 Å². The molecule has 8 heteroatoms. The summed E-state index contributed by atoms with van der Waals surface area (Å²) in [6.07, 6.45) is 0.204. The van der Waals surface area contributed by atoms with Crippen LogP contribution in [0.2, 0.25) is 0 Å². The van der Waals surface area contributed by atoms with E-state index in [1.165, 1.54) is 21.0 Å². The number of carbonyl (C=O) groups is 4. The molecular formula is C13H22N2O6. The number of methoxy groups -OCH3 is 1. The third-order valence-corrected chi connectivity index (χ3v) is 2.63. The molecule has 0 radical (unpaired) electrons. The lowest BCUT2D eigenvalue weighted by atomic mass is 10.00. The summed E-state index contributed by atoms with van der Waals surface area (Å²) in [5, 5.41) is 4.66. The Morgan fingerprint density at radius 3 is 2.33 bits per heavy atom. The maximum absolute atomic E-state index is 11.7. The summed E-state index contributed by atoms with van der Waals surface area (Å²) in [4.78, 5) is 45.2. The normalized spacial score (nSPS) is 11.4. The number of ketones is 2. The van der Waals surface area contributed by atoms with Crippen LogP contribution in [0.25, 0.3) is 0 Å². The van der Waals surface area contributed by atoms with E-state index in [4.69, 9.17) is 0 Å². The molecule has 0 fully saturated rings. The van der Waals surface area contributed by atoms with E-state index < -0.39 is 17.9 Å². The number of nitrogens with one attached hydrogen (secondary N) is 2. The van der Waals surface area contributed by atoms with Gasteiger partial charge in [-0.1, -0.05) is 0 Å². The lowest BCUT2D eigenvalue weighted by Gasteiger charge is -2.12. The van der Waals surface area contributed by atoms with Gasteiger partial charge in [0.15, 0.2) is 6.79 Å². The highest BCUT2D eigenvalue weighted by Gasteiger charge is 2.20. The number of hydrogen-bond donors (Lipinski definition) is 2. The first kappa shape index (κ1) is 19.0. The quantitative estimate of drug-likeness (QED) is 0.445. The van der Waals surface area contributed by atoms with Gasteiger partial charge in [-0.2, -0.15) is 0 Å². The van der Waals surface area contributed by atoms with E-state index in [0.29, 0.717) is 12.8 Å². The van der Waals surface area contributed by atoms with Gasteiger partial charge in [0, 0.05) is 20.0 Å². The third kappa shape index (κ3) is 9.55. The molecule has 0 aromatic heterocycles. The minimum absolute atomic E-state index is 0.0127. The molecule has 0 saturated carbocycles. The molecule has 0 heterocycles. The number of amides is 2. The fourth-order valence-corrected chi connectivity index (χ4v) is 1.39. The molecule has 2 amide bonds. The Kier molecular flexibility index (Phi) is 9.78. The minimum Gasteiger partial charge on any atom is -0.422 e. The van der Waals surface area contributed by atoms with Crippen LogP contribution >= 0.6 is 0 Å². The molecule has 0 aromatic rings. The third-order valence-electron chi connectivity index (χ3n) is 2.63. The van der Waals surface area contributed by atoms with Gasteiger partial charge in [-0.3, -0.25) is 9.59 Å². The Morgan fingerprint density at radius 1 is 1.10 bits per heavy atom. The SMILES string of the molecule is COCOC(=O)NCNC(=O)C(C)C(=O)CCCC(C)=O. The molecule has 0 spiro atoms. The Hall–Kier alpha value is -1.96. The topological polar surface area (TPSA) is 111 Å². The van der Waals surface area contributed by atoms with Gasteiger partial charge in [0.1, 0.15) is 11.6 Å². The summed E-state index contributed by atoms with van der Waals surface area (Å²) < 4.78 is 9.06. The van der Waals surface area contributed by atoms with Crippen molar-refractivity contribution >= 4 is 23.6 Å².